The topological polar surface area (TPSA) is 29.5 Å². The first kappa shape index (κ1) is 14.0. The number of hydrogen-bond donors (Lipinski definition) is 1. The monoisotopic (exact) mass is 284 g/mol. The third kappa shape index (κ3) is 4.29. The molecule has 0 saturated heterocycles. The molecule has 0 aliphatic carbocycles. The summed E-state index contributed by atoms with van der Waals surface area (Å²) in [5, 5.41) is 14.1. The van der Waals surface area contributed by atoms with Gasteiger partial charge in [-0.2, -0.15) is 20.1 Å². The number of halogens is 2. The van der Waals surface area contributed by atoms with Gasteiger partial charge in [0, 0.05) is 0 Å². The van der Waals surface area contributed by atoms with Gasteiger partial charge in [-0.05, 0) is 52.9 Å². The van der Waals surface area contributed by atoms with Crippen molar-refractivity contribution in [2.45, 2.75) is 25.6 Å². The molecule has 2 rings (SSSR count). The summed E-state index contributed by atoms with van der Waals surface area (Å²) in [7, 11) is 0. The van der Waals surface area contributed by atoms with Gasteiger partial charge in [0.05, 0.1) is 6.10 Å². The second-order valence-corrected chi connectivity index (χ2v) is 4.92. The van der Waals surface area contributed by atoms with E-state index in [1.807, 2.05) is 16.8 Å². The lowest BCUT2D eigenvalue weighted by Crippen LogP contribution is -2.04. The first-order chi connectivity index (χ1) is 9.15. The first-order valence-corrected chi connectivity index (χ1v) is 6.83. The summed E-state index contributed by atoms with van der Waals surface area (Å²) in [6, 6.07) is 8.21. The number of alkyl halides is 2. The molecule has 0 amide bonds. The van der Waals surface area contributed by atoms with Gasteiger partial charge < -0.3 is 9.84 Å². The van der Waals surface area contributed by atoms with E-state index in [1.54, 1.807) is 23.5 Å². The third-order valence-corrected chi connectivity index (χ3v) is 3.49. The lowest BCUT2D eigenvalue weighted by molar-refractivity contribution is -0.0499. The summed E-state index contributed by atoms with van der Waals surface area (Å²) < 4.78 is 28.5. The van der Waals surface area contributed by atoms with E-state index in [1.165, 1.54) is 17.7 Å². The van der Waals surface area contributed by atoms with Crippen LogP contribution in [0.1, 0.15) is 23.7 Å². The highest BCUT2D eigenvalue weighted by atomic mass is 32.1. The zero-order valence-corrected chi connectivity index (χ0v) is 10.9. The van der Waals surface area contributed by atoms with Gasteiger partial charge in [-0.25, -0.2) is 0 Å². The Morgan fingerprint density at radius 1 is 1.26 bits per heavy atom. The molecule has 0 aliphatic heterocycles. The molecule has 0 radical (unpaired) electrons. The number of aliphatic hydroxyl groups is 1. The van der Waals surface area contributed by atoms with E-state index >= 15 is 0 Å². The summed E-state index contributed by atoms with van der Waals surface area (Å²) in [5.41, 5.74) is 1.76. The Hall–Kier alpha value is -1.46. The van der Waals surface area contributed by atoms with Crippen molar-refractivity contribution in [2.75, 3.05) is 0 Å². The summed E-state index contributed by atoms with van der Waals surface area (Å²) in [6.07, 6.45) is 0.626. The van der Waals surface area contributed by atoms with Crippen molar-refractivity contribution in [3.8, 4) is 5.75 Å². The summed E-state index contributed by atoms with van der Waals surface area (Å²) in [6.45, 7) is -2.85. The fourth-order valence-corrected chi connectivity index (χ4v) is 2.51. The van der Waals surface area contributed by atoms with Crippen LogP contribution >= 0.6 is 11.3 Å². The molecule has 102 valence electrons. The Labute approximate surface area is 114 Å². The van der Waals surface area contributed by atoms with Crippen LogP contribution < -0.4 is 4.74 Å². The van der Waals surface area contributed by atoms with Crippen molar-refractivity contribution in [3.63, 3.8) is 0 Å². The molecule has 1 N–H and O–H groups in total. The summed E-state index contributed by atoms with van der Waals surface area (Å²) >= 11 is 1.61. The van der Waals surface area contributed by atoms with E-state index in [0.29, 0.717) is 12.0 Å². The van der Waals surface area contributed by atoms with E-state index in [2.05, 4.69) is 4.74 Å². The maximum absolute atomic E-state index is 12.1. The van der Waals surface area contributed by atoms with Crippen molar-refractivity contribution in [1.29, 1.82) is 0 Å². The largest absolute Gasteiger partial charge is 0.435 e. The number of aryl methyl sites for hydroxylation is 1. The number of ether oxygens (including phenoxy) is 1. The Balaban J connectivity index is 1.96. The van der Waals surface area contributed by atoms with Crippen molar-refractivity contribution in [1.82, 2.24) is 0 Å². The van der Waals surface area contributed by atoms with Crippen molar-refractivity contribution in [3.05, 3.63) is 52.2 Å². The second kappa shape index (κ2) is 6.63. The quantitative estimate of drug-likeness (QED) is 0.868. The Morgan fingerprint density at radius 3 is 2.79 bits per heavy atom. The molecule has 2 aromatic rings. The molecule has 0 fully saturated rings. The van der Waals surface area contributed by atoms with Crippen LogP contribution in [0, 0.1) is 0 Å². The number of thiophene rings is 1. The first-order valence-electron chi connectivity index (χ1n) is 5.89. The van der Waals surface area contributed by atoms with E-state index in [4.69, 9.17) is 0 Å². The van der Waals surface area contributed by atoms with Crippen LogP contribution in [0.2, 0.25) is 0 Å². The molecule has 1 unspecified atom stereocenters. The molecule has 1 aromatic carbocycles. The third-order valence-electron chi connectivity index (χ3n) is 2.75. The average molecular weight is 284 g/mol. The van der Waals surface area contributed by atoms with Crippen LogP contribution in [0.4, 0.5) is 8.78 Å². The molecule has 2 nitrogen and oxygen atoms in total. The van der Waals surface area contributed by atoms with Crippen molar-refractivity contribution in [2.24, 2.45) is 0 Å². The standard InChI is InChI=1S/C14H14F2O2S/c15-14(16)18-12-3-1-2-11(8-12)13(17)5-4-10-6-7-19-9-10/h1-3,6-9,13-14,17H,4-5H2. The molecule has 1 aromatic heterocycles. The lowest BCUT2D eigenvalue weighted by Gasteiger charge is -2.12. The van der Waals surface area contributed by atoms with Crippen LogP contribution in [0.5, 0.6) is 5.75 Å². The lowest BCUT2D eigenvalue weighted by atomic mass is 10.0. The molecule has 0 spiro atoms. The van der Waals surface area contributed by atoms with Crippen LogP contribution in [0.15, 0.2) is 41.1 Å². The fourth-order valence-electron chi connectivity index (χ4n) is 1.80. The number of rotatable bonds is 6. The highest BCUT2D eigenvalue weighted by Crippen LogP contribution is 2.24. The van der Waals surface area contributed by atoms with Crippen LogP contribution in [-0.2, 0) is 6.42 Å². The minimum absolute atomic E-state index is 0.0714. The van der Waals surface area contributed by atoms with E-state index in [-0.39, 0.29) is 5.75 Å². The number of hydrogen-bond acceptors (Lipinski definition) is 3. The molecule has 1 atom stereocenters. The highest BCUT2D eigenvalue weighted by Gasteiger charge is 2.10. The van der Waals surface area contributed by atoms with Crippen LogP contribution in [0.3, 0.4) is 0 Å². The number of benzene rings is 1. The van der Waals surface area contributed by atoms with Crippen LogP contribution in [-0.4, -0.2) is 11.7 Å². The van der Waals surface area contributed by atoms with Gasteiger partial charge >= 0.3 is 6.61 Å². The maximum atomic E-state index is 12.1. The predicted octanol–water partition coefficient (Wildman–Crippen LogP) is 4.02. The predicted molar refractivity (Wildman–Crippen MR) is 70.7 cm³/mol. The molecular formula is C14H14F2O2S. The summed E-state index contributed by atoms with van der Waals surface area (Å²) in [5.74, 6) is 0.0714. The van der Waals surface area contributed by atoms with E-state index in [0.717, 1.165) is 6.42 Å². The van der Waals surface area contributed by atoms with Gasteiger partial charge in [-0.3, -0.25) is 0 Å². The maximum Gasteiger partial charge on any atom is 0.387 e. The molecule has 19 heavy (non-hydrogen) atoms. The van der Waals surface area contributed by atoms with E-state index in [9.17, 15) is 13.9 Å². The summed E-state index contributed by atoms with van der Waals surface area (Å²) in [4.78, 5) is 0. The smallest absolute Gasteiger partial charge is 0.387 e. The van der Waals surface area contributed by atoms with Gasteiger partial charge in [0.25, 0.3) is 0 Å². The van der Waals surface area contributed by atoms with Crippen molar-refractivity contribution >= 4 is 11.3 Å². The van der Waals surface area contributed by atoms with Crippen LogP contribution in [0.25, 0.3) is 0 Å². The van der Waals surface area contributed by atoms with Crippen molar-refractivity contribution < 1.29 is 18.6 Å². The number of aliphatic hydroxyl groups excluding tert-OH is 1. The Bertz CT molecular complexity index is 500. The molecule has 0 saturated carbocycles. The van der Waals surface area contributed by atoms with Gasteiger partial charge in [-0.15, -0.1) is 0 Å². The van der Waals surface area contributed by atoms with Gasteiger partial charge in [0.2, 0.25) is 0 Å². The molecule has 1 heterocycles. The fraction of sp³-hybridized carbons (Fsp3) is 0.286. The molecule has 0 aliphatic rings. The van der Waals surface area contributed by atoms with Gasteiger partial charge in [0.15, 0.2) is 0 Å². The zero-order chi connectivity index (χ0) is 13.7. The molecular weight excluding hydrogens is 270 g/mol. The highest BCUT2D eigenvalue weighted by molar-refractivity contribution is 7.07. The Morgan fingerprint density at radius 2 is 2.11 bits per heavy atom. The molecule has 0 bridgehead atoms. The molecule has 5 heteroatoms. The minimum Gasteiger partial charge on any atom is -0.435 e. The van der Waals surface area contributed by atoms with Gasteiger partial charge in [0.1, 0.15) is 5.75 Å². The minimum atomic E-state index is -2.85. The normalized spacial score (nSPS) is 12.6. The zero-order valence-electron chi connectivity index (χ0n) is 10.1. The second-order valence-electron chi connectivity index (χ2n) is 4.14. The van der Waals surface area contributed by atoms with E-state index < -0.39 is 12.7 Å². The SMILES string of the molecule is OC(CCc1ccsc1)c1cccc(OC(F)F)c1. The average Bonchev–Trinajstić information content (AvgIpc) is 2.88. The van der Waals surface area contributed by atoms with Gasteiger partial charge in [-0.1, -0.05) is 12.1 Å². The Kier molecular flexibility index (Phi) is 4.87.